The lowest BCUT2D eigenvalue weighted by molar-refractivity contribution is 0.312. The number of ether oxygens (including phenoxy) is 2. The zero-order chi connectivity index (χ0) is 18.6. The number of aliphatic imine (C=N–C) groups is 1. The van der Waals surface area contributed by atoms with Crippen molar-refractivity contribution < 1.29 is 9.47 Å². The predicted molar refractivity (Wildman–Crippen MR) is 123 cm³/mol. The Morgan fingerprint density at radius 1 is 1.19 bits per heavy atom. The summed E-state index contributed by atoms with van der Waals surface area (Å²) in [4.78, 5) is 10.2. The maximum Gasteiger partial charge on any atom is 0.191 e. The molecule has 1 aromatic carbocycles. The van der Waals surface area contributed by atoms with Gasteiger partial charge in [0.25, 0.3) is 0 Å². The van der Waals surface area contributed by atoms with Crippen LogP contribution < -0.4 is 20.1 Å². The minimum atomic E-state index is 0. The SMILES string of the molecule is CCNC(=NCCCOc1ccc(OC)cc1)NCCc1ncc(C)s1.I. The van der Waals surface area contributed by atoms with Crippen molar-refractivity contribution in [3.8, 4) is 11.5 Å². The lowest BCUT2D eigenvalue weighted by atomic mass is 10.3. The fraction of sp³-hybridized carbons (Fsp3) is 0.474. The van der Waals surface area contributed by atoms with Gasteiger partial charge in [-0.2, -0.15) is 0 Å². The molecule has 1 aromatic heterocycles. The summed E-state index contributed by atoms with van der Waals surface area (Å²) >= 11 is 1.74. The molecular weight excluding hydrogens is 475 g/mol. The zero-order valence-electron chi connectivity index (χ0n) is 16.2. The zero-order valence-corrected chi connectivity index (χ0v) is 19.3. The van der Waals surface area contributed by atoms with E-state index in [0.717, 1.165) is 48.4 Å². The number of rotatable bonds is 10. The van der Waals surface area contributed by atoms with Crippen LogP contribution in [-0.2, 0) is 6.42 Å². The predicted octanol–water partition coefficient (Wildman–Crippen LogP) is 3.64. The van der Waals surface area contributed by atoms with Crippen LogP contribution in [0.4, 0.5) is 0 Å². The molecule has 1 heterocycles. The van der Waals surface area contributed by atoms with Crippen LogP contribution in [0.2, 0.25) is 0 Å². The molecule has 150 valence electrons. The highest BCUT2D eigenvalue weighted by molar-refractivity contribution is 14.0. The molecule has 0 aliphatic carbocycles. The molecule has 0 atom stereocenters. The molecule has 6 nitrogen and oxygen atoms in total. The lowest BCUT2D eigenvalue weighted by Crippen LogP contribution is -2.38. The molecule has 2 N–H and O–H groups in total. The maximum atomic E-state index is 5.72. The average molecular weight is 504 g/mol. The van der Waals surface area contributed by atoms with Crippen LogP contribution in [0.1, 0.15) is 23.2 Å². The van der Waals surface area contributed by atoms with Gasteiger partial charge in [-0.3, -0.25) is 4.99 Å². The molecule has 0 saturated heterocycles. The number of aryl methyl sites for hydroxylation is 1. The van der Waals surface area contributed by atoms with E-state index in [0.29, 0.717) is 13.2 Å². The van der Waals surface area contributed by atoms with Gasteiger partial charge in [0.15, 0.2) is 5.96 Å². The first kappa shape index (κ1) is 23.5. The minimum Gasteiger partial charge on any atom is -0.497 e. The molecule has 0 bridgehead atoms. The lowest BCUT2D eigenvalue weighted by Gasteiger charge is -2.11. The van der Waals surface area contributed by atoms with E-state index >= 15 is 0 Å². The summed E-state index contributed by atoms with van der Waals surface area (Å²) in [7, 11) is 1.65. The Bertz CT molecular complexity index is 677. The van der Waals surface area contributed by atoms with E-state index in [9.17, 15) is 0 Å². The van der Waals surface area contributed by atoms with Crippen LogP contribution in [0.3, 0.4) is 0 Å². The molecule has 2 aromatic rings. The number of nitrogens with one attached hydrogen (secondary N) is 2. The fourth-order valence-electron chi connectivity index (χ4n) is 2.26. The second kappa shape index (κ2) is 13.6. The Morgan fingerprint density at radius 2 is 1.93 bits per heavy atom. The van der Waals surface area contributed by atoms with Gasteiger partial charge in [-0.05, 0) is 38.1 Å². The minimum absolute atomic E-state index is 0. The van der Waals surface area contributed by atoms with Crippen molar-refractivity contribution in [2.24, 2.45) is 4.99 Å². The number of methoxy groups -OCH3 is 1. The second-order valence-electron chi connectivity index (χ2n) is 5.68. The molecule has 0 aliphatic rings. The topological polar surface area (TPSA) is 67.8 Å². The highest BCUT2D eigenvalue weighted by Crippen LogP contribution is 2.17. The van der Waals surface area contributed by atoms with Crippen LogP contribution >= 0.6 is 35.3 Å². The van der Waals surface area contributed by atoms with Crippen molar-refractivity contribution in [1.29, 1.82) is 0 Å². The van der Waals surface area contributed by atoms with E-state index < -0.39 is 0 Å². The standard InChI is InChI=1S/C19H28N4O2S.HI/c1-4-20-19(22-12-10-18-23-14-15(2)26-18)21-11-5-13-25-17-8-6-16(24-3)7-9-17;/h6-9,14H,4-5,10-13H2,1-3H3,(H2,20,21,22);1H. The number of halogens is 1. The molecule has 0 fully saturated rings. The van der Waals surface area contributed by atoms with E-state index in [1.807, 2.05) is 30.5 Å². The third-order valence-corrected chi connectivity index (χ3v) is 4.52. The molecule has 27 heavy (non-hydrogen) atoms. The van der Waals surface area contributed by atoms with Gasteiger partial charge in [-0.15, -0.1) is 35.3 Å². The van der Waals surface area contributed by atoms with Crippen molar-refractivity contribution in [3.63, 3.8) is 0 Å². The van der Waals surface area contributed by atoms with Gasteiger partial charge in [0.2, 0.25) is 0 Å². The largest absolute Gasteiger partial charge is 0.497 e. The van der Waals surface area contributed by atoms with Crippen molar-refractivity contribution in [1.82, 2.24) is 15.6 Å². The Hall–Kier alpha value is -1.55. The Balaban J connectivity index is 0.00000364. The Morgan fingerprint density at radius 3 is 2.56 bits per heavy atom. The normalized spacial score (nSPS) is 10.9. The van der Waals surface area contributed by atoms with Gasteiger partial charge in [0.1, 0.15) is 11.5 Å². The number of hydrogen-bond acceptors (Lipinski definition) is 5. The molecule has 0 radical (unpaired) electrons. The number of guanidine groups is 1. The summed E-state index contributed by atoms with van der Waals surface area (Å²) in [5.74, 6) is 2.51. The Kier molecular flexibility index (Phi) is 11.8. The molecule has 0 saturated carbocycles. The van der Waals surface area contributed by atoms with Crippen molar-refractivity contribution in [3.05, 3.63) is 40.3 Å². The molecular formula is C19H29IN4O2S. The van der Waals surface area contributed by atoms with Gasteiger partial charge in [0.05, 0.1) is 18.7 Å². The van der Waals surface area contributed by atoms with Crippen LogP contribution in [0.25, 0.3) is 0 Å². The molecule has 8 heteroatoms. The van der Waals surface area contributed by atoms with Gasteiger partial charge < -0.3 is 20.1 Å². The smallest absolute Gasteiger partial charge is 0.191 e. The molecule has 0 aliphatic heterocycles. The molecule has 0 spiro atoms. The van der Waals surface area contributed by atoms with Crippen LogP contribution in [0.5, 0.6) is 11.5 Å². The van der Waals surface area contributed by atoms with E-state index in [-0.39, 0.29) is 24.0 Å². The molecule has 0 amide bonds. The number of hydrogen-bond donors (Lipinski definition) is 2. The van der Waals surface area contributed by atoms with Crippen molar-refractivity contribution in [2.75, 3.05) is 33.4 Å². The number of nitrogens with zero attached hydrogens (tertiary/aromatic N) is 2. The van der Waals surface area contributed by atoms with E-state index in [1.54, 1.807) is 18.4 Å². The number of thiazole rings is 1. The Labute approximate surface area is 182 Å². The average Bonchev–Trinajstić information content (AvgIpc) is 3.07. The first-order valence-corrected chi connectivity index (χ1v) is 9.73. The summed E-state index contributed by atoms with van der Waals surface area (Å²) in [6.07, 6.45) is 3.68. The van der Waals surface area contributed by atoms with Gasteiger partial charge >= 0.3 is 0 Å². The highest BCUT2D eigenvalue weighted by atomic mass is 127. The van der Waals surface area contributed by atoms with E-state index in [2.05, 4.69) is 34.5 Å². The third-order valence-electron chi connectivity index (χ3n) is 3.55. The van der Waals surface area contributed by atoms with Gasteiger partial charge in [-0.25, -0.2) is 4.98 Å². The summed E-state index contributed by atoms with van der Waals surface area (Å²) in [6, 6.07) is 7.61. The van der Waals surface area contributed by atoms with Crippen LogP contribution in [-0.4, -0.2) is 44.3 Å². The maximum absolute atomic E-state index is 5.72. The second-order valence-corrected chi connectivity index (χ2v) is 7.00. The third kappa shape index (κ3) is 9.28. The quantitative estimate of drug-likeness (QED) is 0.224. The number of aromatic nitrogens is 1. The van der Waals surface area contributed by atoms with Gasteiger partial charge in [0, 0.05) is 43.5 Å². The summed E-state index contributed by atoms with van der Waals surface area (Å²) in [6.45, 7) is 7.14. The van der Waals surface area contributed by atoms with E-state index in [4.69, 9.17) is 9.47 Å². The van der Waals surface area contributed by atoms with Crippen LogP contribution in [0, 0.1) is 6.92 Å². The van der Waals surface area contributed by atoms with Crippen LogP contribution in [0.15, 0.2) is 35.5 Å². The highest BCUT2D eigenvalue weighted by Gasteiger charge is 2.01. The monoisotopic (exact) mass is 504 g/mol. The summed E-state index contributed by atoms with van der Waals surface area (Å²) < 4.78 is 10.8. The first-order valence-electron chi connectivity index (χ1n) is 8.91. The molecule has 0 unspecified atom stereocenters. The number of benzene rings is 1. The van der Waals surface area contributed by atoms with Gasteiger partial charge in [-0.1, -0.05) is 0 Å². The van der Waals surface area contributed by atoms with Crippen molar-refractivity contribution in [2.45, 2.75) is 26.7 Å². The molecule has 2 rings (SSSR count). The fourth-order valence-corrected chi connectivity index (χ4v) is 3.05. The summed E-state index contributed by atoms with van der Waals surface area (Å²) in [5, 5.41) is 7.76. The first-order chi connectivity index (χ1) is 12.7. The van der Waals surface area contributed by atoms with Crippen molar-refractivity contribution >= 4 is 41.3 Å². The van der Waals surface area contributed by atoms with E-state index in [1.165, 1.54) is 4.88 Å². The summed E-state index contributed by atoms with van der Waals surface area (Å²) in [5.41, 5.74) is 0.